The standard InChI is InChI=1S/C16H27N3O/c1-6-9-17-13-10-12(16(2,3)4)18-15(19-13)14(20-5)11-7-8-11/h10-11,14H,6-9H2,1-5H3,(H,17,18,19). The monoisotopic (exact) mass is 277 g/mol. The lowest BCUT2D eigenvalue weighted by Crippen LogP contribution is -2.19. The van der Waals surface area contributed by atoms with Gasteiger partial charge in [-0.3, -0.25) is 0 Å². The van der Waals surface area contributed by atoms with Gasteiger partial charge < -0.3 is 10.1 Å². The minimum atomic E-state index is 0.0160. The van der Waals surface area contributed by atoms with Crippen molar-refractivity contribution in [2.24, 2.45) is 5.92 Å². The van der Waals surface area contributed by atoms with E-state index >= 15 is 0 Å². The van der Waals surface area contributed by atoms with Gasteiger partial charge in [0.1, 0.15) is 11.9 Å². The van der Waals surface area contributed by atoms with Gasteiger partial charge in [-0.05, 0) is 25.2 Å². The van der Waals surface area contributed by atoms with E-state index in [4.69, 9.17) is 9.72 Å². The molecule has 1 saturated carbocycles. The second-order valence-electron chi connectivity index (χ2n) is 6.67. The van der Waals surface area contributed by atoms with Gasteiger partial charge in [0.15, 0.2) is 5.82 Å². The van der Waals surface area contributed by atoms with Gasteiger partial charge in [0.25, 0.3) is 0 Å². The summed E-state index contributed by atoms with van der Waals surface area (Å²) in [6.07, 6.45) is 3.57. The van der Waals surface area contributed by atoms with Crippen molar-refractivity contribution < 1.29 is 4.74 Å². The van der Waals surface area contributed by atoms with E-state index in [1.807, 2.05) is 0 Å². The molecule has 0 aliphatic heterocycles. The molecule has 4 heteroatoms. The summed E-state index contributed by atoms with van der Waals surface area (Å²) in [6.45, 7) is 9.63. The molecule has 0 bridgehead atoms. The van der Waals surface area contributed by atoms with Crippen LogP contribution in [0.1, 0.15) is 64.6 Å². The zero-order valence-corrected chi connectivity index (χ0v) is 13.4. The van der Waals surface area contributed by atoms with Gasteiger partial charge in [0.2, 0.25) is 0 Å². The van der Waals surface area contributed by atoms with Crippen LogP contribution in [0.25, 0.3) is 0 Å². The molecular weight excluding hydrogens is 250 g/mol. The molecule has 1 aliphatic carbocycles. The molecule has 1 atom stereocenters. The number of nitrogens with zero attached hydrogens (tertiary/aromatic N) is 2. The molecule has 1 heterocycles. The Kier molecular flexibility index (Phi) is 4.63. The van der Waals surface area contributed by atoms with Crippen LogP contribution in [0, 0.1) is 5.92 Å². The molecule has 0 radical (unpaired) electrons. The van der Waals surface area contributed by atoms with Crippen LogP contribution < -0.4 is 5.32 Å². The van der Waals surface area contributed by atoms with Gasteiger partial charge in [0, 0.05) is 25.1 Å². The minimum Gasteiger partial charge on any atom is -0.373 e. The molecule has 1 aromatic heterocycles. The van der Waals surface area contributed by atoms with Gasteiger partial charge in [-0.2, -0.15) is 0 Å². The number of anilines is 1. The predicted molar refractivity (Wildman–Crippen MR) is 82.0 cm³/mol. The van der Waals surface area contributed by atoms with E-state index in [1.54, 1.807) is 7.11 Å². The summed E-state index contributed by atoms with van der Waals surface area (Å²) in [6, 6.07) is 2.07. The first-order valence-corrected chi connectivity index (χ1v) is 7.61. The first-order valence-electron chi connectivity index (χ1n) is 7.61. The Labute approximate surface area is 122 Å². The maximum atomic E-state index is 5.63. The Bertz CT molecular complexity index is 450. The number of ether oxygens (including phenoxy) is 1. The fourth-order valence-corrected chi connectivity index (χ4v) is 2.23. The highest BCUT2D eigenvalue weighted by Gasteiger charge is 2.35. The summed E-state index contributed by atoms with van der Waals surface area (Å²) in [5.74, 6) is 2.35. The Morgan fingerprint density at radius 1 is 1.35 bits per heavy atom. The molecule has 0 saturated heterocycles. The van der Waals surface area contributed by atoms with E-state index in [-0.39, 0.29) is 11.5 Å². The first kappa shape index (κ1) is 15.2. The van der Waals surface area contributed by atoms with Crippen LogP contribution >= 0.6 is 0 Å². The number of hydrogen-bond donors (Lipinski definition) is 1. The average molecular weight is 277 g/mol. The van der Waals surface area contributed by atoms with Crippen molar-refractivity contribution in [2.45, 2.75) is 58.5 Å². The van der Waals surface area contributed by atoms with Crippen LogP contribution in [0.5, 0.6) is 0 Å². The molecule has 20 heavy (non-hydrogen) atoms. The molecule has 1 aliphatic rings. The molecule has 1 unspecified atom stereocenters. The average Bonchev–Trinajstić information content (AvgIpc) is 3.20. The Morgan fingerprint density at radius 2 is 2.05 bits per heavy atom. The summed E-state index contributed by atoms with van der Waals surface area (Å²) >= 11 is 0. The Hall–Kier alpha value is -1.16. The lowest BCUT2D eigenvalue weighted by atomic mass is 9.91. The third-order valence-electron chi connectivity index (χ3n) is 3.63. The molecule has 0 spiro atoms. The predicted octanol–water partition coefficient (Wildman–Crippen LogP) is 3.69. The van der Waals surface area contributed by atoms with E-state index in [0.29, 0.717) is 5.92 Å². The normalized spacial score (nSPS) is 17.1. The Balaban J connectivity index is 2.33. The van der Waals surface area contributed by atoms with Crippen molar-refractivity contribution in [3.8, 4) is 0 Å². The quantitative estimate of drug-likeness (QED) is 0.861. The highest BCUT2D eigenvalue weighted by molar-refractivity contribution is 5.38. The van der Waals surface area contributed by atoms with E-state index in [0.717, 1.165) is 30.3 Å². The topological polar surface area (TPSA) is 47.0 Å². The van der Waals surface area contributed by atoms with Crippen molar-refractivity contribution in [2.75, 3.05) is 19.0 Å². The van der Waals surface area contributed by atoms with Crippen LogP contribution in [-0.4, -0.2) is 23.6 Å². The van der Waals surface area contributed by atoms with Crippen molar-refractivity contribution >= 4 is 5.82 Å². The third-order valence-corrected chi connectivity index (χ3v) is 3.63. The lowest BCUT2D eigenvalue weighted by Gasteiger charge is -2.22. The molecule has 2 rings (SSSR count). The number of methoxy groups -OCH3 is 1. The van der Waals surface area contributed by atoms with E-state index in [9.17, 15) is 0 Å². The van der Waals surface area contributed by atoms with Gasteiger partial charge in [-0.25, -0.2) is 9.97 Å². The fraction of sp³-hybridized carbons (Fsp3) is 0.750. The third kappa shape index (κ3) is 3.69. The summed E-state index contributed by atoms with van der Waals surface area (Å²) < 4.78 is 5.63. The molecular formula is C16H27N3O. The van der Waals surface area contributed by atoms with Crippen LogP contribution in [0.2, 0.25) is 0 Å². The van der Waals surface area contributed by atoms with E-state index in [2.05, 4.69) is 44.1 Å². The summed E-state index contributed by atoms with van der Waals surface area (Å²) in [5, 5.41) is 3.38. The van der Waals surface area contributed by atoms with Crippen molar-refractivity contribution in [1.29, 1.82) is 0 Å². The highest BCUT2D eigenvalue weighted by Crippen LogP contribution is 2.42. The molecule has 4 nitrogen and oxygen atoms in total. The number of rotatable bonds is 6. The van der Waals surface area contributed by atoms with Crippen molar-refractivity contribution in [3.05, 3.63) is 17.6 Å². The van der Waals surface area contributed by atoms with Crippen molar-refractivity contribution in [1.82, 2.24) is 9.97 Å². The summed E-state index contributed by atoms with van der Waals surface area (Å²) in [4.78, 5) is 9.44. The molecule has 1 aromatic rings. The van der Waals surface area contributed by atoms with E-state index < -0.39 is 0 Å². The van der Waals surface area contributed by atoms with Crippen LogP contribution in [0.15, 0.2) is 6.07 Å². The smallest absolute Gasteiger partial charge is 0.160 e. The highest BCUT2D eigenvalue weighted by atomic mass is 16.5. The fourth-order valence-electron chi connectivity index (χ4n) is 2.23. The SMILES string of the molecule is CCCNc1cc(C(C)(C)C)nc(C(OC)C2CC2)n1. The first-order chi connectivity index (χ1) is 9.45. The summed E-state index contributed by atoms with van der Waals surface area (Å²) in [7, 11) is 1.76. The van der Waals surface area contributed by atoms with Gasteiger partial charge in [-0.15, -0.1) is 0 Å². The number of hydrogen-bond acceptors (Lipinski definition) is 4. The lowest BCUT2D eigenvalue weighted by molar-refractivity contribution is 0.0769. The number of nitrogens with one attached hydrogen (secondary N) is 1. The van der Waals surface area contributed by atoms with Gasteiger partial charge in [-0.1, -0.05) is 27.7 Å². The molecule has 1 N–H and O–H groups in total. The van der Waals surface area contributed by atoms with E-state index in [1.165, 1.54) is 12.8 Å². The molecule has 0 amide bonds. The van der Waals surface area contributed by atoms with Crippen LogP contribution in [-0.2, 0) is 10.2 Å². The molecule has 1 fully saturated rings. The molecule has 0 aromatic carbocycles. The summed E-state index contributed by atoms with van der Waals surface area (Å²) in [5.41, 5.74) is 1.09. The van der Waals surface area contributed by atoms with Gasteiger partial charge >= 0.3 is 0 Å². The van der Waals surface area contributed by atoms with Crippen molar-refractivity contribution in [3.63, 3.8) is 0 Å². The zero-order valence-electron chi connectivity index (χ0n) is 13.4. The van der Waals surface area contributed by atoms with Gasteiger partial charge in [0.05, 0.1) is 5.69 Å². The van der Waals surface area contributed by atoms with Crippen LogP contribution in [0.3, 0.4) is 0 Å². The maximum absolute atomic E-state index is 5.63. The minimum absolute atomic E-state index is 0.0160. The number of aromatic nitrogens is 2. The molecule has 112 valence electrons. The largest absolute Gasteiger partial charge is 0.373 e. The maximum Gasteiger partial charge on any atom is 0.160 e. The second kappa shape index (κ2) is 6.08. The zero-order chi connectivity index (χ0) is 14.8. The second-order valence-corrected chi connectivity index (χ2v) is 6.67. The van der Waals surface area contributed by atoms with Crippen LogP contribution in [0.4, 0.5) is 5.82 Å². The Morgan fingerprint density at radius 3 is 2.55 bits per heavy atom.